The summed E-state index contributed by atoms with van der Waals surface area (Å²) in [6.45, 7) is 0. The minimum absolute atomic E-state index is 0.429. The van der Waals surface area contributed by atoms with Crippen LogP contribution in [0.5, 0.6) is 0 Å². The van der Waals surface area contributed by atoms with Crippen molar-refractivity contribution in [2.24, 2.45) is 0 Å². The lowest BCUT2D eigenvalue weighted by molar-refractivity contribution is 0.104. The zero-order valence-electron chi connectivity index (χ0n) is 10.5. The van der Waals surface area contributed by atoms with Crippen LogP contribution in [0.2, 0.25) is 0 Å². The molecule has 3 nitrogen and oxygen atoms in total. The number of benzene rings is 4. The molecule has 0 saturated heterocycles. The summed E-state index contributed by atoms with van der Waals surface area (Å²) in [5.74, 6) is -0.608. The lowest BCUT2D eigenvalue weighted by Gasteiger charge is -2.10. The van der Waals surface area contributed by atoms with Crippen molar-refractivity contribution in [3.63, 3.8) is 0 Å². The number of diazo groups is 1. The van der Waals surface area contributed by atoms with Gasteiger partial charge in [-0.3, -0.25) is 0 Å². The van der Waals surface area contributed by atoms with Gasteiger partial charge in [0.2, 0.25) is 10.4 Å². The van der Waals surface area contributed by atoms with Gasteiger partial charge in [-0.2, -0.15) is 4.79 Å². The van der Waals surface area contributed by atoms with Crippen molar-refractivity contribution in [1.29, 1.82) is 5.39 Å². The van der Waals surface area contributed by atoms with E-state index in [0.29, 0.717) is 5.56 Å². The van der Waals surface area contributed by atoms with E-state index in [1.165, 1.54) is 0 Å². The molecule has 0 heterocycles. The summed E-state index contributed by atoms with van der Waals surface area (Å²) in [5, 5.41) is 15.2. The van der Waals surface area contributed by atoms with E-state index in [0.717, 1.165) is 32.3 Å². The Balaban J connectivity index is 2.33. The quantitative estimate of drug-likeness (QED) is 0.370. The van der Waals surface area contributed by atoms with Crippen molar-refractivity contribution in [3.8, 4) is 0 Å². The zero-order chi connectivity index (χ0) is 13.7. The van der Waals surface area contributed by atoms with Gasteiger partial charge in [-0.15, -0.1) is 0 Å². The highest BCUT2D eigenvalue weighted by atomic mass is 16.1. The second-order valence-corrected chi connectivity index (χ2v) is 4.87. The highest BCUT2D eigenvalue weighted by Gasteiger charge is 2.23. The summed E-state index contributed by atoms with van der Waals surface area (Å²) in [6.07, 6.45) is 0. The first-order chi connectivity index (χ1) is 9.79. The van der Waals surface area contributed by atoms with E-state index in [1.54, 1.807) is 6.07 Å². The molecule has 0 fully saturated rings. The molecule has 4 aromatic carbocycles. The van der Waals surface area contributed by atoms with Crippen LogP contribution in [0.4, 0.5) is 0 Å². The molecule has 0 atom stereocenters. The molecular formula is C17H9N2O+. The van der Waals surface area contributed by atoms with Gasteiger partial charge in [0, 0.05) is 5.39 Å². The summed E-state index contributed by atoms with van der Waals surface area (Å²) in [6, 6.07) is 17.8. The minimum atomic E-state index is -0.608. The SMILES string of the molecule is N#[N+]C(=O)c1ccc2ccc3cccc4ccc1c2c34. The molecule has 0 bridgehead atoms. The van der Waals surface area contributed by atoms with E-state index >= 15 is 0 Å². The van der Waals surface area contributed by atoms with Gasteiger partial charge in [0.25, 0.3) is 0 Å². The normalized spacial score (nSPS) is 11.2. The number of hydrogen-bond acceptors (Lipinski definition) is 2. The van der Waals surface area contributed by atoms with E-state index in [9.17, 15) is 4.79 Å². The van der Waals surface area contributed by atoms with Gasteiger partial charge in [0.15, 0.2) is 0 Å². The molecule has 92 valence electrons. The topological polar surface area (TPSA) is 45.2 Å². The van der Waals surface area contributed by atoms with Crippen molar-refractivity contribution in [1.82, 2.24) is 0 Å². The summed E-state index contributed by atoms with van der Waals surface area (Å²) in [4.78, 5) is 14.5. The van der Waals surface area contributed by atoms with E-state index in [-0.39, 0.29) is 0 Å². The number of amides is 1. The lowest BCUT2D eigenvalue weighted by Crippen LogP contribution is -1.95. The predicted octanol–water partition coefficient (Wildman–Crippen LogP) is 4.58. The zero-order valence-corrected chi connectivity index (χ0v) is 10.5. The molecule has 3 heteroatoms. The molecule has 20 heavy (non-hydrogen) atoms. The van der Waals surface area contributed by atoms with Crippen LogP contribution in [-0.4, -0.2) is 5.91 Å². The van der Waals surface area contributed by atoms with Gasteiger partial charge >= 0.3 is 5.91 Å². The van der Waals surface area contributed by atoms with Crippen molar-refractivity contribution in [3.05, 3.63) is 65.1 Å². The molecule has 0 aliphatic rings. The monoisotopic (exact) mass is 257 g/mol. The number of carbonyl (C=O) groups excluding carboxylic acids is 1. The Labute approximate surface area is 114 Å². The first kappa shape index (κ1) is 10.9. The fraction of sp³-hybridized carbons (Fsp3) is 0. The molecule has 0 aromatic heterocycles. The molecule has 0 saturated carbocycles. The summed E-state index contributed by atoms with van der Waals surface area (Å²) < 4.78 is 0. The van der Waals surface area contributed by atoms with Crippen LogP contribution in [0.3, 0.4) is 0 Å². The average molecular weight is 257 g/mol. The third-order valence-corrected chi connectivity index (χ3v) is 3.85. The molecule has 0 radical (unpaired) electrons. The molecule has 0 unspecified atom stereocenters. The van der Waals surface area contributed by atoms with E-state index < -0.39 is 5.91 Å². The fourth-order valence-electron chi connectivity index (χ4n) is 2.98. The van der Waals surface area contributed by atoms with Crippen LogP contribution >= 0.6 is 0 Å². The van der Waals surface area contributed by atoms with Gasteiger partial charge in [-0.1, -0.05) is 48.5 Å². The Kier molecular flexibility index (Phi) is 2.04. The van der Waals surface area contributed by atoms with Crippen molar-refractivity contribution < 1.29 is 4.79 Å². The van der Waals surface area contributed by atoms with Gasteiger partial charge in [-0.05, 0) is 33.0 Å². The smallest absolute Gasteiger partial charge is 0.193 e. The maximum atomic E-state index is 11.7. The number of carbonyl (C=O) groups is 1. The first-order valence-corrected chi connectivity index (χ1v) is 6.35. The second kappa shape index (κ2) is 3.75. The minimum Gasteiger partial charge on any atom is -0.193 e. The molecule has 0 spiro atoms. The van der Waals surface area contributed by atoms with Crippen LogP contribution in [0.1, 0.15) is 10.4 Å². The maximum Gasteiger partial charge on any atom is 0.593 e. The van der Waals surface area contributed by atoms with Gasteiger partial charge in [0.1, 0.15) is 5.56 Å². The molecule has 0 N–H and O–H groups in total. The largest absolute Gasteiger partial charge is 0.593 e. The summed E-state index contributed by atoms with van der Waals surface area (Å²) in [5.41, 5.74) is 0.429. The Morgan fingerprint density at radius 1 is 0.800 bits per heavy atom. The van der Waals surface area contributed by atoms with Crippen molar-refractivity contribution in [2.75, 3.05) is 0 Å². The third-order valence-electron chi connectivity index (χ3n) is 3.85. The standard InChI is InChI=1S/C17H9N2O/c18-19-17(20)14-9-7-12-5-4-10-2-1-3-11-6-8-13(14)16(12)15(10)11/h1-9H/q+1. The van der Waals surface area contributed by atoms with Crippen LogP contribution in [0.25, 0.3) is 37.3 Å². The lowest BCUT2D eigenvalue weighted by atomic mass is 9.92. The highest BCUT2D eigenvalue weighted by Crippen LogP contribution is 2.35. The molecular weight excluding hydrogens is 248 g/mol. The van der Waals surface area contributed by atoms with E-state index in [4.69, 9.17) is 5.39 Å². The maximum absolute atomic E-state index is 11.7. The Morgan fingerprint density at radius 2 is 1.40 bits per heavy atom. The molecule has 1 amide bonds. The number of nitrogens with zero attached hydrogens (tertiary/aromatic N) is 2. The summed E-state index contributed by atoms with van der Waals surface area (Å²) >= 11 is 0. The molecule has 0 aliphatic heterocycles. The van der Waals surface area contributed by atoms with Gasteiger partial charge < -0.3 is 0 Å². The van der Waals surface area contributed by atoms with Crippen LogP contribution in [0.15, 0.2) is 54.6 Å². The molecule has 4 rings (SSSR count). The van der Waals surface area contributed by atoms with Crippen LogP contribution < -0.4 is 0 Å². The Hall–Kier alpha value is -2.99. The predicted molar refractivity (Wildman–Crippen MR) is 79.6 cm³/mol. The highest BCUT2D eigenvalue weighted by molar-refractivity contribution is 6.27. The Bertz CT molecular complexity index is 1010. The van der Waals surface area contributed by atoms with Crippen molar-refractivity contribution >= 4 is 38.2 Å². The fourth-order valence-corrected chi connectivity index (χ4v) is 2.98. The van der Waals surface area contributed by atoms with Crippen molar-refractivity contribution in [2.45, 2.75) is 0 Å². The van der Waals surface area contributed by atoms with Gasteiger partial charge in [0.05, 0.1) is 0 Å². The van der Waals surface area contributed by atoms with Gasteiger partial charge in [-0.25, -0.2) is 0 Å². The molecule has 4 aromatic rings. The third kappa shape index (κ3) is 1.28. The first-order valence-electron chi connectivity index (χ1n) is 6.35. The summed E-state index contributed by atoms with van der Waals surface area (Å²) in [7, 11) is 0. The van der Waals surface area contributed by atoms with E-state index in [1.807, 2.05) is 24.3 Å². The second-order valence-electron chi connectivity index (χ2n) is 4.87. The molecule has 0 aliphatic carbocycles. The van der Waals surface area contributed by atoms with Crippen LogP contribution in [0, 0.1) is 5.39 Å². The van der Waals surface area contributed by atoms with E-state index in [2.05, 4.69) is 29.2 Å². The van der Waals surface area contributed by atoms with Crippen LogP contribution in [-0.2, 0) is 0 Å². The average Bonchev–Trinajstić information content (AvgIpc) is 2.51. The number of rotatable bonds is 1. The number of hydrogen-bond donors (Lipinski definition) is 0. The Morgan fingerprint density at radius 3 is 2.10 bits per heavy atom.